The molecule has 1 saturated heterocycles. The van der Waals surface area contributed by atoms with E-state index in [2.05, 4.69) is 15.9 Å². The van der Waals surface area contributed by atoms with Crippen molar-refractivity contribution in [3.05, 3.63) is 22.6 Å². The molecule has 0 spiro atoms. The first kappa shape index (κ1) is 12.2. The van der Waals surface area contributed by atoms with Crippen LogP contribution in [0.15, 0.2) is 21.2 Å². The maximum atomic E-state index is 12.4. The van der Waals surface area contributed by atoms with Gasteiger partial charge in [-0.15, -0.1) is 0 Å². The molecule has 2 heterocycles. The van der Waals surface area contributed by atoms with Crippen molar-refractivity contribution in [2.75, 3.05) is 13.2 Å². The van der Waals surface area contributed by atoms with Gasteiger partial charge in [0.2, 0.25) is 0 Å². The van der Waals surface area contributed by atoms with E-state index >= 15 is 0 Å². The van der Waals surface area contributed by atoms with Crippen LogP contribution in [0.25, 0.3) is 0 Å². The average molecular weight is 314 g/mol. The molecular formula is C13H16BrNO3. The number of amides is 1. The molecule has 2 fully saturated rings. The van der Waals surface area contributed by atoms with Gasteiger partial charge in [-0.2, -0.15) is 0 Å². The molecule has 4 nitrogen and oxygen atoms in total. The van der Waals surface area contributed by atoms with Crippen LogP contribution in [0.2, 0.25) is 0 Å². The minimum Gasteiger partial charge on any atom is -0.444 e. The normalized spacial score (nSPS) is 27.9. The van der Waals surface area contributed by atoms with Crippen molar-refractivity contribution >= 4 is 21.8 Å². The van der Waals surface area contributed by atoms with Gasteiger partial charge < -0.3 is 14.1 Å². The molecule has 0 unspecified atom stereocenters. The highest BCUT2D eigenvalue weighted by Gasteiger charge is 2.37. The summed E-state index contributed by atoms with van der Waals surface area (Å²) in [6.45, 7) is 1.30. The fourth-order valence-corrected chi connectivity index (χ4v) is 3.23. The van der Waals surface area contributed by atoms with Crippen LogP contribution >= 0.6 is 15.9 Å². The van der Waals surface area contributed by atoms with Crippen molar-refractivity contribution < 1.29 is 13.9 Å². The van der Waals surface area contributed by atoms with Gasteiger partial charge in [-0.1, -0.05) is 12.8 Å². The van der Waals surface area contributed by atoms with Crippen LogP contribution in [0.3, 0.4) is 0 Å². The van der Waals surface area contributed by atoms with E-state index in [-0.39, 0.29) is 18.1 Å². The molecule has 98 valence electrons. The van der Waals surface area contributed by atoms with Gasteiger partial charge in [0, 0.05) is 6.54 Å². The first-order valence-electron chi connectivity index (χ1n) is 6.43. The Bertz CT molecular complexity index is 443. The molecule has 3 rings (SSSR count). The number of morpholine rings is 1. The molecule has 1 aromatic heterocycles. The Balaban J connectivity index is 1.79. The van der Waals surface area contributed by atoms with Crippen LogP contribution in [-0.4, -0.2) is 36.1 Å². The Kier molecular flexibility index (Phi) is 3.43. The number of halogens is 1. The van der Waals surface area contributed by atoms with E-state index in [1.54, 1.807) is 12.1 Å². The van der Waals surface area contributed by atoms with Crippen molar-refractivity contribution in [3.8, 4) is 0 Å². The number of carbonyl (C=O) groups excluding carboxylic acids is 1. The van der Waals surface area contributed by atoms with Crippen molar-refractivity contribution in [1.29, 1.82) is 0 Å². The smallest absolute Gasteiger partial charge is 0.290 e. The van der Waals surface area contributed by atoms with E-state index in [0.29, 0.717) is 23.6 Å². The van der Waals surface area contributed by atoms with Crippen LogP contribution in [0.4, 0.5) is 0 Å². The molecule has 1 amide bonds. The third-order valence-corrected chi connectivity index (χ3v) is 4.20. The lowest BCUT2D eigenvalue weighted by molar-refractivity contribution is -0.0759. The Hall–Kier alpha value is -0.810. The summed E-state index contributed by atoms with van der Waals surface area (Å²) in [5.41, 5.74) is 0. The number of rotatable bonds is 1. The maximum Gasteiger partial charge on any atom is 0.290 e. The summed E-state index contributed by atoms with van der Waals surface area (Å²) in [5.74, 6) is 0.397. The molecule has 5 heteroatoms. The fourth-order valence-electron chi connectivity index (χ4n) is 2.92. The Labute approximate surface area is 114 Å². The predicted molar refractivity (Wildman–Crippen MR) is 69.4 cm³/mol. The lowest BCUT2D eigenvalue weighted by Gasteiger charge is -2.43. The third-order valence-electron chi connectivity index (χ3n) is 3.78. The standard InChI is InChI=1S/C13H16BrNO3/c14-12-6-5-11(18-12)13(16)15-7-8-17-10-4-2-1-3-9(10)15/h5-6,9-10H,1-4,7-8H2/t9-,10+/m1/s1. The van der Waals surface area contributed by atoms with Gasteiger partial charge in [0.15, 0.2) is 10.4 Å². The summed E-state index contributed by atoms with van der Waals surface area (Å²) in [4.78, 5) is 14.4. The topological polar surface area (TPSA) is 42.7 Å². The van der Waals surface area contributed by atoms with Crippen molar-refractivity contribution in [3.63, 3.8) is 0 Å². The number of nitrogens with zero attached hydrogens (tertiary/aromatic N) is 1. The van der Waals surface area contributed by atoms with Gasteiger partial charge >= 0.3 is 0 Å². The number of hydrogen-bond donors (Lipinski definition) is 0. The van der Waals surface area contributed by atoms with Gasteiger partial charge in [-0.25, -0.2) is 0 Å². The Morgan fingerprint density at radius 2 is 2.17 bits per heavy atom. The second-order valence-electron chi connectivity index (χ2n) is 4.86. The third kappa shape index (κ3) is 2.21. The van der Waals surface area contributed by atoms with Crippen molar-refractivity contribution in [2.45, 2.75) is 37.8 Å². The zero-order valence-corrected chi connectivity index (χ0v) is 11.7. The minimum absolute atomic E-state index is 0.0131. The molecule has 1 aliphatic heterocycles. The maximum absolute atomic E-state index is 12.4. The van der Waals surface area contributed by atoms with Gasteiger partial charge in [0.05, 0.1) is 18.8 Å². The molecule has 0 aromatic carbocycles. The zero-order valence-electron chi connectivity index (χ0n) is 10.1. The van der Waals surface area contributed by atoms with E-state index in [1.165, 1.54) is 12.8 Å². The summed E-state index contributed by atoms with van der Waals surface area (Å²) in [6, 6.07) is 3.70. The molecule has 1 saturated carbocycles. The van der Waals surface area contributed by atoms with Gasteiger partial charge in [-0.3, -0.25) is 4.79 Å². The van der Waals surface area contributed by atoms with Crippen LogP contribution in [0, 0.1) is 0 Å². The molecule has 2 atom stereocenters. The summed E-state index contributed by atoms with van der Waals surface area (Å²) in [6.07, 6.45) is 4.70. The second-order valence-corrected chi connectivity index (χ2v) is 5.64. The molecule has 0 N–H and O–H groups in total. The summed E-state index contributed by atoms with van der Waals surface area (Å²) in [7, 11) is 0. The lowest BCUT2D eigenvalue weighted by atomic mass is 9.90. The van der Waals surface area contributed by atoms with E-state index in [1.807, 2.05) is 4.90 Å². The number of fused-ring (bicyclic) bond motifs is 1. The predicted octanol–water partition coefficient (Wildman–Crippen LogP) is 2.83. The number of ether oxygens (including phenoxy) is 1. The SMILES string of the molecule is O=C(c1ccc(Br)o1)N1CCO[C@H]2CCCC[C@H]21. The molecule has 0 radical (unpaired) electrons. The summed E-state index contributed by atoms with van der Waals surface area (Å²) < 4.78 is 11.7. The minimum atomic E-state index is -0.0131. The average Bonchev–Trinajstić information content (AvgIpc) is 2.84. The van der Waals surface area contributed by atoms with E-state index in [0.717, 1.165) is 12.8 Å². The molecule has 1 aromatic rings. The van der Waals surface area contributed by atoms with E-state index in [9.17, 15) is 4.79 Å². The van der Waals surface area contributed by atoms with Crippen molar-refractivity contribution in [2.24, 2.45) is 0 Å². The monoisotopic (exact) mass is 313 g/mol. The molecule has 1 aliphatic carbocycles. The van der Waals surface area contributed by atoms with E-state index in [4.69, 9.17) is 9.15 Å². The van der Waals surface area contributed by atoms with Gasteiger partial charge in [0.1, 0.15) is 0 Å². The lowest BCUT2D eigenvalue weighted by Crippen LogP contribution is -2.54. The molecular weight excluding hydrogens is 298 g/mol. The fraction of sp³-hybridized carbons (Fsp3) is 0.615. The quantitative estimate of drug-likeness (QED) is 0.800. The zero-order chi connectivity index (χ0) is 12.5. The number of carbonyl (C=O) groups is 1. The van der Waals surface area contributed by atoms with Crippen LogP contribution < -0.4 is 0 Å². The second kappa shape index (κ2) is 5.05. The Morgan fingerprint density at radius 1 is 1.33 bits per heavy atom. The van der Waals surface area contributed by atoms with Crippen LogP contribution in [-0.2, 0) is 4.74 Å². The molecule has 18 heavy (non-hydrogen) atoms. The highest BCUT2D eigenvalue weighted by Crippen LogP contribution is 2.29. The van der Waals surface area contributed by atoms with Crippen LogP contribution in [0.1, 0.15) is 36.2 Å². The highest BCUT2D eigenvalue weighted by atomic mass is 79.9. The molecule has 0 bridgehead atoms. The first-order valence-corrected chi connectivity index (χ1v) is 7.23. The van der Waals surface area contributed by atoms with Crippen LogP contribution in [0.5, 0.6) is 0 Å². The number of hydrogen-bond acceptors (Lipinski definition) is 3. The van der Waals surface area contributed by atoms with Crippen molar-refractivity contribution in [1.82, 2.24) is 4.90 Å². The Morgan fingerprint density at radius 3 is 2.94 bits per heavy atom. The first-order chi connectivity index (χ1) is 8.75. The summed E-state index contributed by atoms with van der Waals surface area (Å²) in [5, 5.41) is 0. The van der Waals surface area contributed by atoms with E-state index < -0.39 is 0 Å². The summed E-state index contributed by atoms with van der Waals surface area (Å²) >= 11 is 3.23. The van der Waals surface area contributed by atoms with Gasteiger partial charge in [0.25, 0.3) is 5.91 Å². The highest BCUT2D eigenvalue weighted by molar-refractivity contribution is 9.10. The number of furan rings is 1. The largest absolute Gasteiger partial charge is 0.444 e. The molecule has 2 aliphatic rings. The van der Waals surface area contributed by atoms with Gasteiger partial charge in [-0.05, 0) is 40.9 Å².